The first-order valence-corrected chi connectivity index (χ1v) is 6.07. The average Bonchev–Trinajstić information content (AvgIpc) is 2.73. The molecule has 96 valence electrons. The number of hydrogen-bond acceptors (Lipinski definition) is 4. The number of hydrogen-bond donors (Lipinski definition) is 1. The fourth-order valence-corrected chi connectivity index (χ4v) is 2.53. The number of phenolic OH excluding ortho intramolecular Hbond substituents is 1. The predicted molar refractivity (Wildman–Crippen MR) is 72.4 cm³/mol. The van der Waals surface area contributed by atoms with Gasteiger partial charge in [-0.05, 0) is 30.3 Å². The van der Waals surface area contributed by atoms with Gasteiger partial charge in [-0.15, -0.1) is 0 Å². The molecule has 2 heterocycles. The number of para-hydroxylation sites is 1. The van der Waals surface area contributed by atoms with E-state index in [0.29, 0.717) is 22.2 Å². The second-order valence-corrected chi connectivity index (χ2v) is 4.62. The third-order valence-corrected chi connectivity index (χ3v) is 3.44. The van der Waals surface area contributed by atoms with E-state index in [1.165, 1.54) is 16.7 Å². The Bertz CT molecular complexity index is 957. The highest BCUT2D eigenvalue weighted by Crippen LogP contribution is 2.28. The molecule has 0 unspecified atom stereocenters. The molecule has 3 aromatic rings. The van der Waals surface area contributed by atoms with Crippen molar-refractivity contribution in [1.29, 1.82) is 0 Å². The number of nitrogens with zero attached hydrogens (tertiary/aromatic N) is 2. The lowest BCUT2D eigenvalue weighted by atomic mass is 10.1. The Morgan fingerprint density at radius 1 is 1.05 bits per heavy atom. The van der Waals surface area contributed by atoms with Gasteiger partial charge in [-0.1, -0.05) is 12.1 Å². The van der Waals surface area contributed by atoms with E-state index in [0.717, 1.165) is 0 Å². The molecule has 0 atom stereocenters. The van der Waals surface area contributed by atoms with Crippen LogP contribution in [0.3, 0.4) is 0 Å². The summed E-state index contributed by atoms with van der Waals surface area (Å²) >= 11 is 0. The van der Waals surface area contributed by atoms with Gasteiger partial charge in [0.25, 0.3) is 5.56 Å². The average molecular weight is 264 g/mol. The van der Waals surface area contributed by atoms with Crippen LogP contribution in [0.15, 0.2) is 47.3 Å². The zero-order valence-corrected chi connectivity index (χ0v) is 10.2. The number of aromatic nitrogens is 2. The van der Waals surface area contributed by atoms with Crippen molar-refractivity contribution in [3.8, 4) is 11.4 Å². The highest BCUT2D eigenvalue weighted by atomic mass is 16.3. The van der Waals surface area contributed by atoms with Crippen LogP contribution in [0.1, 0.15) is 16.2 Å². The third kappa shape index (κ3) is 1.23. The van der Waals surface area contributed by atoms with E-state index in [1.54, 1.807) is 30.3 Å². The Hall–Kier alpha value is -2.95. The van der Waals surface area contributed by atoms with Crippen LogP contribution in [-0.2, 0) is 0 Å². The summed E-state index contributed by atoms with van der Waals surface area (Å²) in [6, 6.07) is 11.3. The van der Waals surface area contributed by atoms with Gasteiger partial charge in [0.2, 0.25) is 5.78 Å². The van der Waals surface area contributed by atoms with Gasteiger partial charge in [-0.2, -0.15) is 0 Å². The van der Waals surface area contributed by atoms with Crippen molar-refractivity contribution in [1.82, 2.24) is 9.55 Å². The smallest absolute Gasteiger partial charge is 0.266 e. The standard InChI is InChI=1S/C15H8N2O3/c18-8-5-6-12-10(7-8)13(19)14-16-11-4-2-1-3-9(11)15(20)17(12)14/h1-7,18H. The molecular formula is C15H8N2O3. The minimum absolute atomic E-state index is 0.0116. The summed E-state index contributed by atoms with van der Waals surface area (Å²) in [6.45, 7) is 0. The highest BCUT2D eigenvalue weighted by molar-refractivity contribution is 6.13. The fraction of sp³-hybridized carbons (Fsp3) is 0. The van der Waals surface area contributed by atoms with Crippen molar-refractivity contribution in [2.75, 3.05) is 0 Å². The van der Waals surface area contributed by atoms with Crippen LogP contribution in [0.4, 0.5) is 0 Å². The van der Waals surface area contributed by atoms with Gasteiger partial charge in [0.15, 0.2) is 5.82 Å². The second-order valence-electron chi connectivity index (χ2n) is 4.62. The Morgan fingerprint density at radius 2 is 1.85 bits per heavy atom. The number of carbonyl (C=O) groups is 1. The number of ketones is 1. The quantitative estimate of drug-likeness (QED) is 0.524. The number of carbonyl (C=O) groups excluding carboxylic acids is 1. The van der Waals surface area contributed by atoms with Crippen molar-refractivity contribution >= 4 is 16.7 Å². The molecule has 0 amide bonds. The van der Waals surface area contributed by atoms with Crippen molar-refractivity contribution in [3.63, 3.8) is 0 Å². The maximum Gasteiger partial charge on any atom is 0.266 e. The monoisotopic (exact) mass is 264 g/mol. The first-order chi connectivity index (χ1) is 9.66. The molecular weight excluding hydrogens is 256 g/mol. The lowest BCUT2D eigenvalue weighted by molar-refractivity contribution is 0.103. The molecule has 0 saturated carbocycles. The number of fused-ring (bicyclic) bond motifs is 4. The molecule has 1 aromatic heterocycles. The van der Waals surface area contributed by atoms with Gasteiger partial charge in [0.05, 0.1) is 22.2 Å². The first kappa shape index (κ1) is 10.9. The van der Waals surface area contributed by atoms with Crippen molar-refractivity contribution in [3.05, 3.63) is 64.2 Å². The zero-order valence-electron chi connectivity index (χ0n) is 10.2. The largest absolute Gasteiger partial charge is 0.508 e. The maximum atomic E-state index is 12.5. The lowest BCUT2D eigenvalue weighted by Gasteiger charge is -2.05. The maximum absolute atomic E-state index is 12.5. The van der Waals surface area contributed by atoms with Crippen molar-refractivity contribution in [2.24, 2.45) is 0 Å². The number of phenols is 1. The van der Waals surface area contributed by atoms with Gasteiger partial charge in [0, 0.05) is 0 Å². The van der Waals surface area contributed by atoms with Crippen LogP contribution >= 0.6 is 0 Å². The van der Waals surface area contributed by atoms with Gasteiger partial charge in [0.1, 0.15) is 5.75 Å². The summed E-state index contributed by atoms with van der Waals surface area (Å²) in [5, 5.41) is 9.95. The normalized spacial score (nSPS) is 12.5. The third-order valence-electron chi connectivity index (χ3n) is 3.44. The van der Waals surface area contributed by atoms with Crippen LogP contribution in [0, 0.1) is 0 Å². The first-order valence-electron chi connectivity index (χ1n) is 6.07. The van der Waals surface area contributed by atoms with Crippen LogP contribution in [-0.4, -0.2) is 20.4 Å². The predicted octanol–water partition coefficient (Wildman–Crippen LogP) is 1.64. The van der Waals surface area contributed by atoms with Crippen LogP contribution in [0.25, 0.3) is 16.6 Å². The van der Waals surface area contributed by atoms with E-state index in [4.69, 9.17) is 0 Å². The molecule has 5 nitrogen and oxygen atoms in total. The molecule has 0 saturated heterocycles. The van der Waals surface area contributed by atoms with E-state index in [9.17, 15) is 14.7 Å². The molecule has 5 heteroatoms. The van der Waals surface area contributed by atoms with Crippen molar-refractivity contribution in [2.45, 2.75) is 0 Å². The van der Waals surface area contributed by atoms with Crippen molar-refractivity contribution < 1.29 is 9.90 Å². The van der Waals surface area contributed by atoms with Gasteiger partial charge in [-0.25, -0.2) is 4.98 Å². The Balaban J connectivity index is 2.20. The fourth-order valence-electron chi connectivity index (χ4n) is 2.53. The van der Waals surface area contributed by atoms with E-state index in [1.807, 2.05) is 0 Å². The Kier molecular flexibility index (Phi) is 1.93. The van der Waals surface area contributed by atoms with Crippen LogP contribution < -0.4 is 5.56 Å². The zero-order chi connectivity index (χ0) is 13.9. The number of aromatic hydroxyl groups is 1. The summed E-state index contributed by atoms with van der Waals surface area (Å²) in [6.07, 6.45) is 0. The Labute approximate surface area is 112 Å². The van der Waals surface area contributed by atoms with E-state index < -0.39 is 0 Å². The SMILES string of the molecule is O=C1c2cc(O)ccc2-n2c1nc1ccccc1c2=O. The number of benzene rings is 2. The van der Waals surface area contributed by atoms with Crippen LogP contribution in [0.5, 0.6) is 5.75 Å². The summed E-state index contributed by atoms with van der Waals surface area (Å²) in [4.78, 5) is 29.1. The van der Waals surface area contributed by atoms with Gasteiger partial charge < -0.3 is 5.11 Å². The summed E-state index contributed by atoms with van der Waals surface area (Å²) in [5.74, 6) is -0.268. The van der Waals surface area contributed by atoms with E-state index >= 15 is 0 Å². The minimum Gasteiger partial charge on any atom is -0.508 e. The summed E-state index contributed by atoms with van der Waals surface area (Å²) in [7, 11) is 0. The van der Waals surface area contributed by atoms with Gasteiger partial charge in [-0.3, -0.25) is 14.2 Å². The summed E-state index contributed by atoms with van der Waals surface area (Å²) < 4.78 is 1.30. The Morgan fingerprint density at radius 3 is 2.70 bits per heavy atom. The molecule has 2 aromatic carbocycles. The highest BCUT2D eigenvalue weighted by Gasteiger charge is 2.30. The molecule has 4 rings (SSSR count). The molecule has 1 aliphatic heterocycles. The summed E-state index contributed by atoms with van der Waals surface area (Å²) in [5.41, 5.74) is 0.980. The van der Waals surface area contributed by atoms with Crippen LogP contribution in [0.2, 0.25) is 0 Å². The molecule has 0 bridgehead atoms. The molecule has 0 fully saturated rings. The molecule has 1 aliphatic rings. The topological polar surface area (TPSA) is 72.2 Å². The lowest BCUT2D eigenvalue weighted by Crippen LogP contribution is -2.21. The van der Waals surface area contributed by atoms with E-state index in [2.05, 4.69) is 4.98 Å². The molecule has 1 N–H and O–H groups in total. The minimum atomic E-state index is -0.348. The number of rotatable bonds is 0. The van der Waals surface area contributed by atoms with Gasteiger partial charge >= 0.3 is 0 Å². The molecule has 0 spiro atoms. The van der Waals surface area contributed by atoms with E-state index in [-0.39, 0.29) is 22.9 Å². The second kappa shape index (κ2) is 3.54. The molecule has 20 heavy (non-hydrogen) atoms. The molecule has 0 radical (unpaired) electrons. The molecule has 0 aliphatic carbocycles.